The molecule has 0 aliphatic rings. The minimum atomic E-state index is -4.59. The zero-order chi connectivity index (χ0) is 36.9. The standard InChI is InChI=1S/C41H36ClF3N2O4S/c42-34-21-22-36-35(16-8-9-28-17-19-32(20-18-28)40(48)49)37(23-24-46-52(50,51)27-29-10-7-15-33(25-29)41(43,44)45)47(38(36)26-34)39(30-11-3-1-4-12-30)31-13-5-2-6-14-31/h1-7,10-15,17-22,25-26,39,46H,8-9,16,23-24,27H2,(H,48,49). The van der Waals surface area contributed by atoms with Crippen molar-refractivity contribution < 1.29 is 31.5 Å². The average molecular weight is 745 g/mol. The highest BCUT2D eigenvalue weighted by Gasteiger charge is 2.31. The molecule has 0 fully saturated rings. The molecule has 0 saturated heterocycles. The second-order valence-corrected chi connectivity index (χ2v) is 14.9. The zero-order valence-electron chi connectivity index (χ0n) is 28.0. The quantitative estimate of drug-likeness (QED) is 0.116. The summed E-state index contributed by atoms with van der Waals surface area (Å²) in [6.07, 6.45) is -2.26. The van der Waals surface area contributed by atoms with Gasteiger partial charge in [-0.05, 0) is 77.4 Å². The lowest BCUT2D eigenvalue weighted by Gasteiger charge is -2.25. The smallest absolute Gasteiger partial charge is 0.416 e. The van der Waals surface area contributed by atoms with Crippen molar-refractivity contribution >= 4 is 38.5 Å². The van der Waals surface area contributed by atoms with Crippen LogP contribution in [0.15, 0.2) is 127 Å². The fourth-order valence-electron chi connectivity index (χ4n) is 6.73. The van der Waals surface area contributed by atoms with Crippen LogP contribution in [-0.4, -0.2) is 30.6 Å². The number of nitrogens with zero attached hydrogens (tertiary/aromatic N) is 1. The van der Waals surface area contributed by atoms with Crippen LogP contribution >= 0.6 is 11.6 Å². The molecule has 52 heavy (non-hydrogen) atoms. The third-order valence-corrected chi connectivity index (χ3v) is 10.7. The molecule has 11 heteroatoms. The molecule has 2 N–H and O–H groups in total. The van der Waals surface area contributed by atoms with Crippen LogP contribution in [0.1, 0.15) is 61.9 Å². The molecule has 6 aromatic rings. The first-order valence-electron chi connectivity index (χ1n) is 16.8. The van der Waals surface area contributed by atoms with Crippen LogP contribution in [0.25, 0.3) is 10.9 Å². The van der Waals surface area contributed by atoms with Gasteiger partial charge >= 0.3 is 12.1 Å². The van der Waals surface area contributed by atoms with Gasteiger partial charge in [0.1, 0.15) is 0 Å². The number of carbonyl (C=O) groups is 1. The number of aromatic nitrogens is 1. The summed E-state index contributed by atoms with van der Waals surface area (Å²) >= 11 is 6.63. The van der Waals surface area contributed by atoms with E-state index in [2.05, 4.69) is 33.6 Å². The first-order chi connectivity index (χ1) is 24.9. The molecule has 0 amide bonds. The van der Waals surface area contributed by atoms with E-state index in [-0.39, 0.29) is 30.1 Å². The summed E-state index contributed by atoms with van der Waals surface area (Å²) < 4.78 is 71.4. The number of aryl methyl sites for hydroxylation is 2. The summed E-state index contributed by atoms with van der Waals surface area (Å²) in [5.74, 6) is -1.58. The summed E-state index contributed by atoms with van der Waals surface area (Å²) in [5, 5.41) is 10.8. The summed E-state index contributed by atoms with van der Waals surface area (Å²) in [6, 6.07) is 36.6. The molecule has 0 atom stereocenters. The molecular formula is C41H36ClF3N2O4S. The maximum Gasteiger partial charge on any atom is 0.416 e. The Morgan fingerprint density at radius 1 is 0.769 bits per heavy atom. The number of carboxylic acid groups (broad SMARTS) is 1. The monoisotopic (exact) mass is 744 g/mol. The van der Waals surface area contributed by atoms with Crippen molar-refractivity contribution in [1.82, 2.24) is 9.29 Å². The molecule has 0 aliphatic carbocycles. The van der Waals surface area contributed by atoms with Crippen LogP contribution in [0.4, 0.5) is 13.2 Å². The van der Waals surface area contributed by atoms with Gasteiger partial charge in [0.2, 0.25) is 10.0 Å². The van der Waals surface area contributed by atoms with Crippen molar-refractivity contribution in [2.45, 2.75) is 43.7 Å². The Labute approximate surface area is 305 Å². The highest BCUT2D eigenvalue weighted by Crippen LogP contribution is 2.38. The van der Waals surface area contributed by atoms with E-state index in [4.69, 9.17) is 11.6 Å². The number of fused-ring (bicyclic) bond motifs is 1. The largest absolute Gasteiger partial charge is 0.478 e. The summed E-state index contributed by atoms with van der Waals surface area (Å²) in [6.45, 7) is 0.00526. The Balaban J connectivity index is 1.38. The molecule has 1 aromatic heterocycles. The SMILES string of the molecule is O=C(O)c1ccc(CCCc2c(CCNS(=O)(=O)Cc3cccc(C(F)(F)F)c3)n(C(c3ccccc3)c3ccccc3)c3cc(Cl)ccc23)cc1. The molecule has 0 aliphatic heterocycles. The highest BCUT2D eigenvalue weighted by atomic mass is 35.5. The predicted octanol–water partition coefficient (Wildman–Crippen LogP) is 9.49. The van der Waals surface area contributed by atoms with Gasteiger partial charge in [0.25, 0.3) is 0 Å². The van der Waals surface area contributed by atoms with Crippen molar-refractivity contribution in [3.8, 4) is 0 Å². The highest BCUT2D eigenvalue weighted by molar-refractivity contribution is 7.88. The Hall–Kier alpha value is -4.90. The number of rotatable bonds is 14. The predicted molar refractivity (Wildman–Crippen MR) is 198 cm³/mol. The van der Waals surface area contributed by atoms with Crippen LogP contribution in [0.2, 0.25) is 5.02 Å². The van der Waals surface area contributed by atoms with Crippen molar-refractivity contribution in [2.24, 2.45) is 0 Å². The number of aromatic carboxylic acids is 1. The number of nitrogens with one attached hydrogen (secondary N) is 1. The van der Waals surface area contributed by atoms with Gasteiger partial charge in [-0.25, -0.2) is 17.9 Å². The van der Waals surface area contributed by atoms with Gasteiger partial charge in [-0.1, -0.05) is 109 Å². The average Bonchev–Trinajstić information content (AvgIpc) is 3.40. The van der Waals surface area contributed by atoms with E-state index >= 15 is 0 Å². The molecular weight excluding hydrogens is 709 g/mol. The first-order valence-corrected chi connectivity index (χ1v) is 18.8. The maximum atomic E-state index is 13.3. The van der Waals surface area contributed by atoms with Crippen molar-refractivity contribution in [3.05, 3.63) is 177 Å². The van der Waals surface area contributed by atoms with Gasteiger partial charge in [0.05, 0.1) is 28.4 Å². The van der Waals surface area contributed by atoms with Crippen molar-refractivity contribution in [1.29, 1.82) is 0 Å². The van der Waals surface area contributed by atoms with Gasteiger partial charge in [0, 0.05) is 29.1 Å². The first kappa shape index (κ1) is 36.9. The van der Waals surface area contributed by atoms with Gasteiger partial charge in [-0.15, -0.1) is 0 Å². The van der Waals surface area contributed by atoms with Crippen LogP contribution < -0.4 is 4.72 Å². The molecule has 0 saturated carbocycles. The number of halogens is 4. The van der Waals surface area contributed by atoms with Crippen LogP contribution in [-0.2, 0) is 41.2 Å². The lowest BCUT2D eigenvalue weighted by molar-refractivity contribution is -0.137. The Kier molecular flexibility index (Phi) is 11.2. The fraction of sp³-hybridized carbons (Fsp3) is 0.195. The van der Waals surface area contributed by atoms with E-state index < -0.39 is 33.5 Å². The second-order valence-electron chi connectivity index (χ2n) is 12.6. The number of hydrogen-bond acceptors (Lipinski definition) is 3. The van der Waals surface area contributed by atoms with Crippen LogP contribution in [0.3, 0.4) is 0 Å². The van der Waals surface area contributed by atoms with Crippen LogP contribution in [0.5, 0.6) is 0 Å². The third-order valence-electron chi connectivity index (χ3n) is 9.06. The van der Waals surface area contributed by atoms with E-state index in [9.17, 15) is 31.5 Å². The number of benzene rings is 5. The molecule has 0 spiro atoms. The van der Waals surface area contributed by atoms with Crippen molar-refractivity contribution in [3.63, 3.8) is 0 Å². The Bertz CT molecular complexity index is 2240. The number of hydrogen-bond donors (Lipinski definition) is 2. The normalized spacial score (nSPS) is 12.1. The maximum absolute atomic E-state index is 13.3. The van der Waals surface area contributed by atoms with E-state index in [1.54, 1.807) is 12.1 Å². The van der Waals surface area contributed by atoms with E-state index in [1.165, 1.54) is 12.1 Å². The second kappa shape index (κ2) is 15.8. The molecule has 6 nitrogen and oxygen atoms in total. The molecule has 6 rings (SSSR count). The summed E-state index contributed by atoms with van der Waals surface area (Å²) in [5.41, 5.74) is 5.19. The van der Waals surface area contributed by atoms with E-state index in [1.807, 2.05) is 66.7 Å². The molecule has 1 heterocycles. The van der Waals surface area contributed by atoms with E-state index in [0.717, 1.165) is 57.4 Å². The number of alkyl halides is 3. The minimum absolute atomic E-state index is 0.00526. The molecule has 0 bridgehead atoms. The van der Waals surface area contributed by atoms with Gasteiger partial charge < -0.3 is 9.67 Å². The molecule has 0 radical (unpaired) electrons. The molecule has 5 aromatic carbocycles. The Morgan fingerprint density at radius 3 is 2.04 bits per heavy atom. The van der Waals surface area contributed by atoms with E-state index in [0.29, 0.717) is 17.9 Å². The van der Waals surface area contributed by atoms with Crippen LogP contribution in [0, 0.1) is 0 Å². The Morgan fingerprint density at radius 2 is 1.42 bits per heavy atom. The molecule has 268 valence electrons. The summed E-state index contributed by atoms with van der Waals surface area (Å²) in [4.78, 5) is 11.4. The summed E-state index contributed by atoms with van der Waals surface area (Å²) in [7, 11) is -4.01. The lowest BCUT2D eigenvalue weighted by atomic mass is 9.97. The van der Waals surface area contributed by atoms with Crippen molar-refractivity contribution in [2.75, 3.05) is 6.54 Å². The lowest BCUT2D eigenvalue weighted by Crippen LogP contribution is -2.28. The van der Waals surface area contributed by atoms with Gasteiger partial charge in [-0.3, -0.25) is 0 Å². The number of carboxylic acids is 1. The molecule has 0 unspecified atom stereocenters. The van der Waals surface area contributed by atoms with Gasteiger partial charge in [0.15, 0.2) is 0 Å². The minimum Gasteiger partial charge on any atom is -0.478 e. The zero-order valence-corrected chi connectivity index (χ0v) is 29.6. The topological polar surface area (TPSA) is 88.4 Å². The third kappa shape index (κ3) is 8.75. The number of sulfonamides is 1. The van der Waals surface area contributed by atoms with Gasteiger partial charge in [-0.2, -0.15) is 13.2 Å². The fourth-order valence-corrected chi connectivity index (χ4v) is 8.03.